The molecule has 0 bridgehead atoms. The number of rotatable bonds is 2. The molecule has 0 fully saturated rings. The predicted molar refractivity (Wildman–Crippen MR) is 55.3 cm³/mol. The van der Waals surface area contributed by atoms with Gasteiger partial charge < -0.3 is 0 Å². The minimum absolute atomic E-state index is 0.0671. The maximum Gasteiger partial charge on any atom is 0.404 e. The summed E-state index contributed by atoms with van der Waals surface area (Å²) in [5.74, 6) is 0. The average Bonchev–Trinajstić information content (AvgIpc) is 2.25. The molecule has 18 heavy (non-hydrogen) atoms. The van der Waals surface area contributed by atoms with Gasteiger partial charge in [0.25, 0.3) is 0 Å². The van der Waals surface area contributed by atoms with Crippen LogP contribution in [0.15, 0.2) is 30.3 Å². The van der Waals surface area contributed by atoms with Crippen LogP contribution in [-0.4, -0.2) is 12.4 Å². The quantitative estimate of drug-likeness (QED) is 0.525. The van der Waals surface area contributed by atoms with E-state index in [1.807, 2.05) is 0 Å². The first kappa shape index (κ1) is 15.1. The third kappa shape index (κ3) is 2.43. The van der Waals surface area contributed by atoms with E-state index in [0.717, 1.165) is 12.1 Å². The second kappa shape index (κ2) is 4.64. The van der Waals surface area contributed by atoms with Crippen LogP contribution in [0.5, 0.6) is 0 Å². The van der Waals surface area contributed by atoms with Crippen LogP contribution < -0.4 is 0 Å². The van der Waals surface area contributed by atoms with Crippen molar-refractivity contribution in [2.24, 2.45) is 5.41 Å². The highest BCUT2D eigenvalue weighted by atomic mass is 35.5. The second-order valence-corrected chi connectivity index (χ2v) is 4.41. The van der Waals surface area contributed by atoms with Gasteiger partial charge in [-0.3, -0.25) is 0 Å². The Morgan fingerprint density at radius 3 is 1.61 bits per heavy atom. The van der Waals surface area contributed by atoms with Gasteiger partial charge in [-0.2, -0.15) is 26.3 Å². The lowest BCUT2D eigenvalue weighted by atomic mass is 9.81. The minimum atomic E-state index is -5.49. The van der Waals surface area contributed by atoms with Gasteiger partial charge in [0.1, 0.15) is 0 Å². The summed E-state index contributed by atoms with van der Waals surface area (Å²) in [6.45, 7) is 0.0671. The molecule has 0 heterocycles. The second-order valence-electron chi connectivity index (χ2n) is 3.97. The molecule has 1 rings (SSSR count). The standard InChI is InChI=1S/C11H9ClF6/c1-9(10(13,14)15,11(16,17)18)8(12)7-5-3-2-4-6-7/h2-6,8H,1H3. The molecular weight excluding hydrogens is 282 g/mol. The summed E-state index contributed by atoms with van der Waals surface area (Å²) < 4.78 is 76.4. The normalized spacial score (nSPS) is 15.6. The lowest BCUT2D eigenvalue weighted by Gasteiger charge is -2.37. The summed E-state index contributed by atoms with van der Waals surface area (Å²) in [5.41, 5.74) is -4.22. The minimum Gasteiger partial charge on any atom is -0.170 e. The van der Waals surface area contributed by atoms with Gasteiger partial charge >= 0.3 is 12.4 Å². The zero-order valence-electron chi connectivity index (χ0n) is 9.11. The van der Waals surface area contributed by atoms with Crippen LogP contribution in [0.25, 0.3) is 0 Å². The van der Waals surface area contributed by atoms with Crippen LogP contribution in [0.4, 0.5) is 26.3 Å². The third-order valence-electron chi connectivity index (χ3n) is 2.78. The number of alkyl halides is 7. The summed E-state index contributed by atoms with van der Waals surface area (Å²) >= 11 is 5.44. The molecule has 1 unspecified atom stereocenters. The first-order chi connectivity index (χ1) is 8.02. The molecule has 1 aromatic carbocycles. The summed E-state index contributed by atoms with van der Waals surface area (Å²) in [4.78, 5) is 0. The summed E-state index contributed by atoms with van der Waals surface area (Å²) in [6, 6.07) is 6.40. The Labute approximate surface area is 105 Å². The lowest BCUT2D eigenvalue weighted by molar-refractivity contribution is -0.335. The van der Waals surface area contributed by atoms with Gasteiger partial charge in [-0.05, 0) is 12.5 Å². The zero-order valence-corrected chi connectivity index (χ0v) is 9.87. The van der Waals surface area contributed by atoms with Gasteiger partial charge in [0.2, 0.25) is 0 Å². The molecule has 0 aliphatic rings. The number of hydrogen-bond donors (Lipinski definition) is 0. The summed E-state index contributed by atoms with van der Waals surface area (Å²) in [7, 11) is 0. The molecule has 102 valence electrons. The number of halogens is 7. The van der Waals surface area contributed by atoms with E-state index >= 15 is 0 Å². The molecule has 0 aromatic heterocycles. The van der Waals surface area contributed by atoms with E-state index < -0.39 is 23.1 Å². The van der Waals surface area contributed by atoms with Crippen molar-refractivity contribution in [3.8, 4) is 0 Å². The largest absolute Gasteiger partial charge is 0.404 e. The SMILES string of the molecule is CC(C(Cl)c1ccccc1)(C(F)(F)F)C(F)(F)F. The average molecular weight is 291 g/mol. The van der Waals surface area contributed by atoms with Crippen molar-refractivity contribution in [2.45, 2.75) is 24.7 Å². The van der Waals surface area contributed by atoms with Crippen molar-refractivity contribution < 1.29 is 26.3 Å². The maximum absolute atomic E-state index is 12.7. The van der Waals surface area contributed by atoms with E-state index in [1.54, 1.807) is 0 Å². The molecular formula is C11H9ClF6. The van der Waals surface area contributed by atoms with Gasteiger partial charge in [0.05, 0.1) is 5.38 Å². The molecule has 0 amide bonds. The highest BCUT2D eigenvalue weighted by Gasteiger charge is 2.71. The van der Waals surface area contributed by atoms with Crippen molar-refractivity contribution in [3.05, 3.63) is 35.9 Å². The van der Waals surface area contributed by atoms with Crippen molar-refractivity contribution in [1.82, 2.24) is 0 Å². The van der Waals surface area contributed by atoms with Crippen molar-refractivity contribution in [3.63, 3.8) is 0 Å². The summed E-state index contributed by atoms with van der Waals surface area (Å²) in [5, 5.41) is -2.24. The highest BCUT2D eigenvalue weighted by molar-refractivity contribution is 6.21. The van der Waals surface area contributed by atoms with Gasteiger partial charge in [0.15, 0.2) is 5.41 Å². The number of hydrogen-bond acceptors (Lipinski definition) is 0. The highest BCUT2D eigenvalue weighted by Crippen LogP contribution is 2.59. The van der Waals surface area contributed by atoms with Crippen LogP contribution in [0, 0.1) is 5.41 Å². The van der Waals surface area contributed by atoms with Gasteiger partial charge in [-0.25, -0.2) is 0 Å². The Kier molecular flexibility index (Phi) is 3.91. The Bertz CT molecular complexity index is 380. The van der Waals surface area contributed by atoms with Gasteiger partial charge in [0, 0.05) is 0 Å². The Balaban J connectivity index is 3.30. The fourth-order valence-corrected chi connectivity index (χ4v) is 1.80. The van der Waals surface area contributed by atoms with Crippen LogP contribution in [0.3, 0.4) is 0 Å². The van der Waals surface area contributed by atoms with Crippen molar-refractivity contribution in [1.29, 1.82) is 0 Å². The molecule has 0 radical (unpaired) electrons. The lowest BCUT2D eigenvalue weighted by Crippen LogP contribution is -2.50. The smallest absolute Gasteiger partial charge is 0.170 e. The topological polar surface area (TPSA) is 0 Å². The van der Waals surface area contributed by atoms with Crippen LogP contribution in [-0.2, 0) is 0 Å². The predicted octanol–water partition coefficient (Wildman–Crippen LogP) is 5.10. The molecule has 0 saturated carbocycles. The molecule has 7 heteroatoms. The zero-order chi connectivity index (χ0) is 14.2. The van der Waals surface area contributed by atoms with E-state index in [2.05, 4.69) is 0 Å². The molecule has 0 nitrogen and oxygen atoms in total. The van der Waals surface area contributed by atoms with Crippen LogP contribution in [0.1, 0.15) is 17.9 Å². The third-order valence-corrected chi connectivity index (χ3v) is 3.47. The molecule has 0 aliphatic heterocycles. The molecule has 0 N–H and O–H groups in total. The Hall–Kier alpha value is -0.910. The molecule has 0 spiro atoms. The molecule has 1 atom stereocenters. The Morgan fingerprint density at radius 2 is 1.28 bits per heavy atom. The van der Waals surface area contributed by atoms with E-state index in [-0.39, 0.29) is 12.5 Å². The van der Waals surface area contributed by atoms with E-state index in [4.69, 9.17) is 11.6 Å². The summed E-state index contributed by atoms with van der Waals surface area (Å²) in [6.07, 6.45) is -11.0. The fraction of sp³-hybridized carbons (Fsp3) is 0.455. The molecule has 0 aliphatic carbocycles. The van der Waals surface area contributed by atoms with Crippen LogP contribution in [0.2, 0.25) is 0 Å². The molecule has 1 aromatic rings. The van der Waals surface area contributed by atoms with E-state index in [0.29, 0.717) is 0 Å². The number of benzene rings is 1. The van der Waals surface area contributed by atoms with E-state index in [9.17, 15) is 26.3 Å². The van der Waals surface area contributed by atoms with Gasteiger partial charge in [-0.15, -0.1) is 11.6 Å². The van der Waals surface area contributed by atoms with E-state index in [1.165, 1.54) is 18.2 Å². The first-order valence-electron chi connectivity index (χ1n) is 4.84. The maximum atomic E-state index is 12.7. The first-order valence-corrected chi connectivity index (χ1v) is 5.28. The van der Waals surface area contributed by atoms with Crippen molar-refractivity contribution >= 4 is 11.6 Å². The molecule has 0 saturated heterocycles. The Morgan fingerprint density at radius 1 is 0.889 bits per heavy atom. The fourth-order valence-electron chi connectivity index (χ4n) is 1.40. The monoisotopic (exact) mass is 290 g/mol. The van der Waals surface area contributed by atoms with Crippen molar-refractivity contribution in [2.75, 3.05) is 0 Å². The van der Waals surface area contributed by atoms with Crippen LogP contribution >= 0.6 is 11.6 Å². The van der Waals surface area contributed by atoms with Gasteiger partial charge in [-0.1, -0.05) is 30.3 Å².